The van der Waals surface area contributed by atoms with Crippen molar-refractivity contribution in [1.82, 2.24) is 10.2 Å². The van der Waals surface area contributed by atoms with E-state index >= 15 is 0 Å². The van der Waals surface area contributed by atoms with Crippen LogP contribution in [0.15, 0.2) is 48.5 Å². The maximum Gasteiger partial charge on any atom is 0.238 e. The number of methoxy groups -OCH3 is 1. The molecule has 0 fully saturated rings. The van der Waals surface area contributed by atoms with Crippen molar-refractivity contribution in [3.05, 3.63) is 65.2 Å². The summed E-state index contributed by atoms with van der Waals surface area (Å²) >= 11 is 0. The Morgan fingerprint density at radius 3 is 2.38 bits per heavy atom. The zero-order chi connectivity index (χ0) is 21.2. The monoisotopic (exact) mass is 397 g/mol. The summed E-state index contributed by atoms with van der Waals surface area (Å²) in [6.45, 7) is 7.10. The lowest BCUT2D eigenvalue weighted by Crippen LogP contribution is -2.43. The van der Waals surface area contributed by atoms with Gasteiger partial charge in [-0.25, -0.2) is 0 Å². The van der Waals surface area contributed by atoms with Gasteiger partial charge in [-0.05, 0) is 43.5 Å². The number of nitrogens with zero attached hydrogens (tertiary/aromatic N) is 1. The van der Waals surface area contributed by atoms with Crippen molar-refractivity contribution in [3.8, 4) is 0 Å². The van der Waals surface area contributed by atoms with Crippen molar-refractivity contribution >= 4 is 17.5 Å². The Labute approximate surface area is 173 Å². The van der Waals surface area contributed by atoms with Gasteiger partial charge in [0, 0.05) is 19.3 Å². The number of ether oxygens (including phenoxy) is 1. The van der Waals surface area contributed by atoms with E-state index < -0.39 is 0 Å². The Bertz CT molecular complexity index is 808. The number of carbonyl (C=O) groups is 2. The summed E-state index contributed by atoms with van der Waals surface area (Å²) in [5.74, 6) is -0.282. The molecule has 0 saturated heterocycles. The van der Waals surface area contributed by atoms with Gasteiger partial charge in [-0.2, -0.15) is 0 Å². The van der Waals surface area contributed by atoms with Crippen LogP contribution in [0.3, 0.4) is 0 Å². The summed E-state index contributed by atoms with van der Waals surface area (Å²) in [4.78, 5) is 26.9. The van der Waals surface area contributed by atoms with Crippen molar-refractivity contribution in [2.45, 2.75) is 26.8 Å². The van der Waals surface area contributed by atoms with E-state index in [0.717, 1.165) is 22.4 Å². The van der Waals surface area contributed by atoms with Crippen molar-refractivity contribution in [2.24, 2.45) is 0 Å². The number of carbonyl (C=O) groups excluding carboxylic acids is 2. The maximum atomic E-state index is 12.5. The van der Waals surface area contributed by atoms with Crippen LogP contribution < -0.4 is 10.6 Å². The molecule has 2 aromatic carbocycles. The van der Waals surface area contributed by atoms with E-state index in [-0.39, 0.29) is 30.9 Å². The lowest BCUT2D eigenvalue weighted by atomic mass is 10.1. The topological polar surface area (TPSA) is 70.7 Å². The third kappa shape index (κ3) is 7.33. The van der Waals surface area contributed by atoms with E-state index in [1.165, 1.54) is 0 Å². The van der Waals surface area contributed by atoms with Crippen LogP contribution in [0.2, 0.25) is 0 Å². The van der Waals surface area contributed by atoms with Gasteiger partial charge in [-0.15, -0.1) is 0 Å². The number of rotatable bonds is 10. The molecule has 0 aliphatic heterocycles. The molecular formula is C23H31N3O3. The molecule has 0 saturated carbocycles. The summed E-state index contributed by atoms with van der Waals surface area (Å²) < 4.78 is 5.13. The van der Waals surface area contributed by atoms with Crippen molar-refractivity contribution in [2.75, 3.05) is 38.7 Å². The lowest BCUT2D eigenvalue weighted by molar-refractivity contribution is -0.124. The summed E-state index contributed by atoms with van der Waals surface area (Å²) in [6, 6.07) is 15.5. The highest BCUT2D eigenvalue weighted by molar-refractivity contribution is 5.93. The molecule has 0 aliphatic rings. The van der Waals surface area contributed by atoms with Gasteiger partial charge in [0.2, 0.25) is 11.8 Å². The van der Waals surface area contributed by atoms with Crippen molar-refractivity contribution < 1.29 is 14.3 Å². The third-order valence-electron chi connectivity index (χ3n) is 4.90. The lowest BCUT2D eigenvalue weighted by Gasteiger charge is -2.23. The second-order valence-corrected chi connectivity index (χ2v) is 7.20. The van der Waals surface area contributed by atoms with Crippen LogP contribution in [-0.2, 0) is 14.3 Å². The number of hydrogen-bond donors (Lipinski definition) is 2. The van der Waals surface area contributed by atoms with Crippen LogP contribution >= 0.6 is 0 Å². The molecule has 2 amide bonds. The molecule has 6 heteroatoms. The zero-order valence-electron chi connectivity index (χ0n) is 17.7. The van der Waals surface area contributed by atoms with Crippen LogP contribution in [0.4, 0.5) is 5.69 Å². The second-order valence-electron chi connectivity index (χ2n) is 7.20. The van der Waals surface area contributed by atoms with E-state index in [0.29, 0.717) is 13.2 Å². The second kappa shape index (κ2) is 11.3. The van der Waals surface area contributed by atoms with Gasteiger partial charge in [0.05, 0.1) is 25.7 Å². The first-order valence-corrected chi connectivity index (χ1v) is 9.82. The highest BCUT2D eigenvalue weighted by Gasteiger charge is 2.17. The molecule has 2 aromatic rings. The summed E-state index contributed by atoms with van der Waals surface area (Å²) in [5, 5.41) is 5.93. The molecule has 156 valence electrons. The van der Waals surface area contributed by atoms with E-state index in [2.05, 4.69) is 10.6 Å². The normalized spacial score (nSPS) is 11.9. The molecule has 0 aliphatic carbocycles. The number of anilines is 1. The van der Waals surface area contributed by atoms with Gasteiger partial charge in [0.1, 0.15) is 0 Å². The Morgan fingerprint density at radius 2 is 1.69 bits per heavy atom. The van der Waals surface area contributed by atoms with Gasteiger partial charge < -0.3 is 15.4 Å². The minimum absolute atomic E-state index is 0.100. The smallest absolute Gasteiger partial charge is 0.238 e. The molecule has 6 nitrogen and oxygen atoms in total. The van der Waals surface area contributed by atoms with E-state index in [9.17, 15) is 9.59 Å². The first-order chi connectivity index (χ1) is 13.9. The van der Waals surface area contributed by atoms with E-state index in [1.54, 1.807) is 12.0 Å². The Morgan fingerprint density at radius 1 is 1.00 bits per heavy atom. The fourth-order valence-electron chi connectivity index (χ4n) is 3.03. The number of benzene rings is 2. The molecular weight excluding hydrogens is 366 g/mol. The van der Waals surface area contributed by atoms with Crippen LogP contribution in [-0.4, -0.2) is 50.1 Å². The fourth-order valence-corrected chi connectivity index (χ4v) is 3.03. The van der Waals surface area contributed by atoms with Crippen LogP contribution in [0.25, 0.3) is 0 Å². The standard InChI is InChI=1S/C23H31N3O3/c1-17-9-8-12-21(18(17)2)25-23(28)16-26(13-14-29-4)15-22(27)24-19(3)20-10-6-5-7-11-20/h5-12,19H,13-16H2,1-4H3,(H,24,27)(H,25,28)/t19-/m0/s1. The number of amides is 2. The molecule has 0 spiro atoms. The van der Waals surface area contributed by atoms with E-state index in [1.807, 2.05) is 69.3 Å². The van der Waals surface area contributed by atoms with Crippen LogP contribution in [0.1, 0.15) is 29.7 Å². The van der Waals surface area contributed by atoms with Gasteiger partial charge in [-0.3, -0.25) is 14.5 Å². The highest BCUT2D eigenvalue weighted by atomic mass is 16.5. The molecule has 0 bridgehead atoms. The fraction of sp³-hybridized carbons (Fsp3) is 0.391. The first kappa shape index (κ1) is 22.6. The molecule has 0 heterocycles. The number of nitrogens with one attached hydrogen (secondary N) is 2. The molecule has 0 unspecified atom stereocenters. The summed E-state index contributed by atoms with van der Waals surface area (Å²) in [6.07, 6.45) is 0. The van der Waals surface area contributed by atoms with Crippen LogP contribution in [0.5, 0.6) is 0 Å². The van der Waals surface area contributed by atoms with Crippen LogP contribution in [0, 0.1) is 13.8 Å². The predicted molar refractivity (Wildman–Crippen MR) is 116 cm³/mol. The highest BCUT2D eigenvalue weighted by Crippen LogP contribution is 2.18. The third-order valence-corrected chi connectivity index (χ3v) is 4.90. The summed E-state index contributed by atoms with van der Waals surface area (Å²) in [5.41, 5.74) is 3.99. The van der Waals surface area contributed by atoms with E-state index in [4.69, 9.17) is 4.74 Å². The average Bonchev–Trinajstić information content (AvgIpc) is 2.70. The average molecular weight is 398 g/mol. The molecule has 2 rings (SSSR count). The number of aryl methyl sites for hydroxylation is 1. The van der Waals surface area contributed by atoms with Gasteiger partial charge >= 0.3 is 0 Å². The van der Waals surface area contributed by atoms with Gasteiger partial charge in [-0.1, -0.05) is 42.5 Å². The predicted octanol–water partition coefficient (Wildman–Crippen LogP) is 3.07. The SMILES string of the molecule is COCCN(CC(=O)Nc1cccc(C)c1C)CC(=O)N[C@@H](C)c1ccccc1. The van der Waals surface area contributed by atoms with Gasteiger partial charge in [0.25, 0.3) is 0 Å². The molecule has 0 aromatic heterocycles. The quantitative estimate of drug-likeness (QED) is 0.646. The minimum atomic E-state index is -0.154. The van der Waals surface area contributed by atoms with Gasteiger partial charge in [0.15, 0.2) is 0 Å². The Balaban J connectivity index is 1.94. The Kier molecular flexibility index (Phi) is 8.83. The molecule has 0 radical (unpaired) electrons. The zero-order valence-corrected chi connectivity index (χ0v) is 17.7. The largest absolute Gasteiger partial charge is 0.383 e. The van der Waals surface area contributed by atoms with Crippen molar-refractivity contribution in [1.29, 1.82) is 0 Å². The Hall–Kier alpha value is -2.70. The molecule has 2 N–H and O–H groups in total. The molecule has 1 atom stereocenters. The number of hydrogen-bond acceptors (Lipinski definition) is 4. The van der Waals surface area contributed by atoms with Crippen molar-refractivity contribution in [3.63, 3.8) is 0 Å². The summed E-state index contributed by atoms with van der Waals surface area (Å²) in [7, 11) is 1.60. The first-order valence-electron chi connectivity index (χ1n) is 9.82. The molecule has 29 heavy (non-hydrogen) atoms. The minimum Gasteiger partial charge on any atom is -0.383 e. The maximum absolute atomic E-state index is 12.5.